The van der Waals surface area contributed by atoms with Gasteiger partial charge in [0, 0.05) is 44.2 Å². The van der Waals surface area contributed by atoms with Crippen LogP contribution in [0, 0.1) is 5.41 Å². The minimum absolute atomic E-state index is 0. The number of rotatable bonds is 5. The highest BCUT2D eigenvalue weighted by Gasteiger charge is 2.36. The first-order valence-electron chi connectivity index (χ1n) is 7.52. The number of nitrogens with zero attached hydrogens (tertiary/aromatic N) is 1. The van der Waals surface area contributed by atoms with Crippen LogP contribution < -0.4 is 10.1 Å². The minimum Gasteiger partial charge on any atom is -0.503 e. The molecule has 3 N–H and O–H groups in total. The van der Waals surface area contributed by atoms with Crippen LogP contribution >= 0.6 is 28.3 Å². The lowest BCUT2D eigenvalue weighted by Crippen LogP contribution is -2.49. The van der Waals surface area contributed by atoms with Crippen molar-refractivity contribution in [2.45, 2.75) is 19.9 Å². The van der Waals surface area contributed by atoms with Gasteiger partial charge in [-0.05, 0) is 33.6 Å². The number of hydrogen-bond acceptors (Lipinski definition) is 5. The van der Waals surface area contributed by atoms with Gasteiger partial charge in [0.2, 0.25) is 0 Å². The first kappa shape index (κ1) is 20.5. The maximum absolute atomic E-state index is 10.0. The summed E-state index contributed by atoms with van der Waals surface area (Å²) in [6, 6.07) is 3.83. The molecule has 0 unspecified atom stereocenters. The van der Waals surface area contributed by atoms with E-state index >= 15 is 0 Å². The Balaban J connectivity index is 0.00000264. The number of ether oxygens (including phenoxy) is 1. The molecule has 1 aromatic carbocycles. The first-order chi connectivity index (χ1) is 10.4. The maximum Gasteiger partial charge on any atom is 0.172 e. The van der Waals surface area contributed by atoms with Crippen LogP contribution in [0.4, 0.5) is 0 Å². The second kappa shape index (κ2) is 8.53. The number of aliphatic hydroxyl groups excluding tert-OH is 1. The Kier molecular flexibility index (Phi) is 7.61. The largest absolute Gasteiger partial charge is 0.503 e. The molecule has 0 saturated carbocycles. The van der Waals surface area contributed by atoms with E-state index in [0.717, 1.165) is 31.7 Å². The molecule has 0 aliphatic carbocycles. The van der Waals surface area contributed by atoms with E-state index in [-0.39, 0.29) is 36.2 Å². The number of aromatic hydroxyl groups is 1. The van der Waals surface area contributed by atoms with Crippen LogP contribution in [0.3, 0.4) is 0 Å². The Bertz CT molecular complexity index is 522. The second-order valence-electron chi connectivity index (χ2n) is 6.39. The molecule has 1 aromatic rings. The van der Waals surface area contributed by atoms with E-state index in [1.807, 2.05) is 12.1 Å². The molecule has 2 rings (SSSR count). The summed E-state index contributed by atoms with van der Waals surface area (Å²) in [6.45, 7) is 7.94. The topological polar surface area (TPSA) is 65.0 Å². The Labute approximate surface area is 152 Å². The van der Waals surface area contributed by atoms with Gasteiger partial charge in [-0.15, -0.1) is 12.4 Å². The summed E-state index contributed by atoms with van der Waals surface area (Å²) in [6.07, 6.45) is 0. The van der Waals surface area contributed by atoms with Gasteiger partial charge in [-0.2, -0.15) is 0 Å². The summed E-state index contributed by atoms with van der Waals surface area (Å²) in [5, 5.41) is 23.3. The van der Waals surface area contributed by atoms with Crippen LogP contribution in [0.2, 0.25) is 0 Å². The molecular formula is C16H26BrClN2O3. The third-order valence-electron chi connectivity index (χ3n) is 4.25. The molecule has 0 spiro atoms. The summed E-state index contributed by atoms with van der Waals surface area (Å²) in [5.41, 5.74) is 0.723. The number of phenolic OH excluding ortho intramolecular Hbond substituents is 1. The highest BCUT2D eigenvalue weighted by atomic mass is 79.9. The molecule has 0 bridgehead atoms. The number of aliphatic hydroxyl groups is 1. The molecule has 0 aromatic heterocycles. The van der Waals surface area contributed by atoms with Gasteiger partial charge in [-0.25, -0.2) is 0 Å². The van der Waals surface area contributed by atoms with Crippen molar-refractivity contribution in [2.24, 2.45) is 5.41 Å². The van der Waals surface area contributed by atoms with Gasteiger partial charge >= 0.3 is 0 Å². The van der Waals surface area contributed by atoms with Gasteiger partial charge in [0.1, 0.15) is 0 Å². The molecule has 0 radical (unpaired) electrons. The number of nitrogens with one attached hydrogen (secondary N) is 1. The summed E-state index contributed by atoms with van der Waals surface area (Å²) in [7, 11) is 1.54. The van der Waals surface area contributed by atoms with Gasteiger partial charge in [-0.3, -0.25) is 4.90 Å². The van der Waals surface area contributed by atoms with Gasteiger partial charge in [-0.1, -0.05) is 13.8 Å². The van der Waals surface area contributed by atoms with Crippen LogP contribution in [0.15, 0.2) is 16.6 Å². The van der Waals surface area contributed by atoms with Gasteiger partial charge in [0.15, 0.2) is 11.5 Å². The molecule has 1 saturated heterocycles. The fourth-order valence-electron chi connectivity index (χ4n) is 3.09. The van der Waals surface area contributed by atoms with E-state index in [1.165, 1.54) is 0 Å². The Hall–Kier alpha value is -0.530. The normalized spacial score (nSPS) is 17.4. The Morgan fingerprint density at radius 3 is 2.48 bits per heavy atom. The lowest BCUT2D eigenvalue weighted by Gasteiger charge is -2.43. The highest BCUT2D eigenvalue weighted by molar-refractivity contribution is 9.10. The van der Waals surface area contributed by atoms with E-state index in [9.17, 15) is 10.2 Å². The van der Waals surface area contributed by atoms with Crippen molar-refractivity contribution in [1.29, 1.82) is 0 Å². The van der Waals surface area contributed by atoms with Crippen LogP contribution in [-0.4, -0.2) is 55.0 Å². The van der Waals surface area contributed by atoms with E-state index in [0.29, 0.717) is 10.2 Å². The third-order valence-corrected chi connectivity index (χ3v) is 4.86. The Morgan fingerprint density at radius 1 is 1.35 bits per heavy atom. The maximum atomic E-state index is 10.0. The van der Waals surface area contributed by atoms with Gasteiger partial charge in [0.05, 0.1) is 11.6 Å². The van der Waals surface area contributed by atoms with Crippen molar-refractivity contribution < 1.29 is 14.9 Å². The summed E-state index contributed by atoms with van der Waals surface area (Å²) >= 11 is 3.40. The van der Waals surface area contributed by atoms with Crippen LogP contribution in [-0.2, 0) is 0 Å². The SMILES string of the molecule is COc1cc([C@@H](N2CCNCC2)C(C)(C)CO)cc(Br)c1O.Cl. The summed E-state index contributed by atoms with van der Waals surface area (Å²) in [5.74, 6) is 0.547. The summed E-state index contributed by atoms with van der Waals surface area (Å²) in [4.78, 5) is 2.38. The monoisotopic (exact) mass is 408 g/mol. The number of piperazine rings is 1. The molecule has 5 nitrogen and oxygen atoms in total. The van der Waals surface area contributed by atoms with Gasteiger partial charge in [0.25, 0.3) is 0 Å². The molecule has 1 fully saturated rings. The van der Waals surface area contributed by atoms with Crippen molar-refractivity contribution in [3.8, 4) is 11.5 Å². The quantitative estimate of drug-likeness (QED) is 0.697. The van der Waals surface area contributed by atoms with Crippen LogP contribution in [0.5, 0.6) is 11.5 Å². The first-order valence-corrected chi connectivity index (χ1v) is 8.32. The van der Waals surface area contributed by atoms with Gasteiger partial charge < -0.3 is 20.3 Å². The predicted molar refractivity (Wildman–Crippen MR) is 97.7 cm³/mol. The average molecular weight is 410 g/mol. The molecule has 1 atom stereocenters. The van der Waals surface area contributed by atoms with E-state index < -0.39 is 0 Å². The van der Waals surface area contributed by atoms with Crippen LogP contribution in [0.25, 0.3) is 0 Å². The molecule has 23 heavy (non-hydrogen) atoms. The van der Waals surface area contributed by atoms with Crippen molar-refractivity contribution in [3.63, 3.8) is 0 Å². The molecule has 132 valence electrons. The molecule has 1 aliphatic rings. The molecule has 1 heterocycles. The number of hydrogen-bond donors (Lipinski definition) is 3. The highest BCUT2D eigenvalue weighted by Crippen LogP contribution is 2.43. The van der Waals surface area contributed by atoms with Crippen molar-refractivity contribution in [3.05, 3.63) is 22.2 Å². The predicted octanol–water partition coefficient (Wildman–Crippen LogP) is 2.55. The fourth-order valence-corrected chi connectivity index (χ4v) is 3.55. The molecule has 7 heteroatoms. The number of benzene rings is 1. The fraction of sp³-hybridized carbons (Fsp3) is 0.625. The zero-order chi connectivity index (χ0) is 16.3. The van der Waals surface area contributed by atoms with Crippen molar-refractivity contribution in [2.75, 3.05) is 39.9 Å². The van der Waals surface area contributed by atoms with Crippen molar-refractivity contribution in [1.82, 2.24) is 10.2 Å². The Morgan fingerprint density at radius 2 is 1.96 bits per heavy atom. The molecule has 0 amide bonds. The van der Waals surface area contributed by atoms with Crippen molar-refractivity contribution >= 4 is 28.3 Å². The number of halogens is 2. The minimum atomic E-state index is -0.307. The number of methoxy groups -OCH3 is 1. The second-order valence-corrected chi connectivity index (χ2v) is 7.24. The summed E-state index contributed by atoms with van der Waals surface area (Å²) < 4.78 is 5.88. The standard InChI is InChI=1S/C16H25BrN2O3.ClH/c1-16(2,10-20)15(19-6-4-18-5-7-19)11-8-12(17)14(21)13(9-11)22-3;/h8-9,15,18,20-21H,4-7,10H2,1-3H3;1H/t15-;/m1./s1. The zero-order valence-corrected chi connectivity index (χ0v) is 16.2. The smallest absolute Gasteiger partial charge is 0.172 e. The van der Waals surface area contributed by atoms with Crippen LogP contribution in [0.1, 0.15) is 25.5 Å². The zero-order valence-electron chi connectivity index (χ0n) is 13.8. The lowest BCUT2D eigenvalue weighted by molar-refractivity contribution is 0.0303. The van der Waals surface area contributed by atoms with E-state index in [1.54, 1.807) is 7.11 Å². The third kappa shape index (κ3) is 4.51. The van der Waals surface area contributed by atoms with E-state index in [4.69, 9.17) is 4.74 Å². The number of phenols is 1. The van der Waals surface area contributed by atoms with E-state index in [2.05, 4.69) is 40.0 Å². The molecule has 1 aliphatic heterocycles. The average Bonchev–Trinajstić information content (AvgIpc) is 2.51. The lowest BCUT2D eigenvalue weighted by atomic mass is 9.79. The molecular weight excluding hydrogens is 384 g/mol.